The Balaban J connectivity index is 1.70. The second-order valence-corrected chi connectivity index (χ2v) is 7.78. The van der Waals surface area contributed by atoms with Crippen LogP contribution in [0.5, 0.6) is 5.75 Å². The summed E-state index contributed by atoms with van der Waals surface area (Å²) in [6.45, 7) is 0.539. The van der Waals surface area contributed by atoms with Crippen LogP contribution in [0, 0.1) is 5.92 Å². The van der Waals surface area contributed by atoms with Crippen molar-refractivity contribution in [3.8, 4) is 16.9 Å². The van der Waals surface area contributed by atoms with E-state index in [2.05, 4.69) is 0 Å². The van der Waals surface area contributed by atoms with Gasteiger partial charge in [0.05, 0.1) is 17.6 Å². The van der Waals surface area contributed by atoms with Gasteiger partial charge >= 0.3 is 12.1 Å². The lowest BCUT2D eigenvalue weighted by Crippen LogP contribution is -2.42. The minimum absolute atomic E-state index is 0.501. The summed E-state index contributed by atoms with van der Waals surface area (Å²) in [6, 6.07) is 10.3. The Labute approximate surface area is 161 Å². The number of aliphatic carboxylic acids is 1. The summed E-state index contributed by atoms with van der Waals surface area (Å²) in [5, 5.41) is 9.70. The highest BCUT2D eigenvalue weighted by molar-refractivity contribution is 5.83. The first-order valence-electron chi connectivity index (χ1n) is 9.48. The van der Waals surface area contributed by atoms with Crippen molar-refractivity contribution in [1.82, 2.24) is 0 Å². The molecule has 1 N–H and O–H groups in total. The highest BCUT2D eigenvalue weighted by atomic mass is 19.4. The fourth-order valence-corrected chi connectivity index (χ4v) is 3.67. The number of rotatable bonds is 6. The molecule has 2 fully saturated rings. The van der Waals surface area contributed by atoms with Crippen LogP contribution < -0.4 is 4.74 Å². The van der Waals surface area contributed by atoms with Crippen molar-refractivity contribution < 1.29 is 27.8 Å². The van der Waals surface area contributed by atoms with Crippen LogP contribution in [0.2, 0.25) is 0 Å². The zero-order chi connectivity index (χ0) is 19.9. The van der Waals surface area contributed by atoms with E-state index in [0.717, 1.165) is 31.4 Å². The molecule has 0 bridgehead atoms. The molecule has 4 rings (SSSR count). The summed E-state index contributed by atoms with van der Waals surface area (Å²) in [6.07, 6.45) is -0.131. The lowest BCUT2D eigenvalue weighted by atomic mass is 9.64. The van der Waals surface area contributed by atoms with E-state index < -0.39 is 23.1 Å². The molecule has 0 saturated heterocycles. The van der Waals surface area contributed by atoms with Gasteiger partial charge in [0.25, 0.3) is 0 Å². The standard InChI is InChI=1S/C22H21F3O3/c23-22(24,25)16-6-4-15(5-7-16)18-9-8-17(21(20(26)27)10-1-11-21)12-19(18)28-13-14-2-3-14/h4-9,12,14H,1-3,10-11,13H2,(H,26,27). The third kappa shape index (κ3) is 3.48. The number of hydrogen-bond acceptors (Lipinski definition) is 2. The number of halogens is 3. The number of carbonyl (C=O) groups is 1. The average Bonchev–Trinajstić information content (AvgIpc) is 3.42. The summed E-state index contributed by atoms with van der Waals surface area (Å²) in [4.78, 5) is 11.8. The Bertz CT molecular complexity index is 879. The molecule has 0 heterocycles. The molecule has 0 aromatic heterocycles. The Morgan fingerprint density at radius 3 is 2.29 bits per heavy atom. The molecule has 0 amide bonds. The topological polar surface area (TPSA) is 46.5 Å². The molecule has 0 unspecified atom stereocenters. The molecule has 2 saturated carbocycles. The number of carboxylic acid groups (broad SMARTS) is 1. The van der Waals surface area contributed by atoms with E-state index in [4.69, 9.17) is 4.74 Å². The molecule has 2 aliphatic rings. The molecule has 0 radical (unpaired) electrons. The van der Waals surface area contributed by atoms with Crippen LogP contribution in [-0.2, 0) is 16.4 Å². The van der Waals surface area contributed by atoms with Crippen LogP contribution in [-0.4, -0.2) is 17.7 Å². The van der Waals surface area contributed by atoms with E-state index >= 15 is 0 Å². The van der Waals surface area contributed by atoms with Gasteiger partial charge in [-0.25, -0.2) is 0 Å². The largest absolute Gasteiger partial charge is 0.493 e. The maximum atomic E-state index is 12.8. The van der Waals surface area contributed by atoms with Gasteiger partial charge in [-0.05, 0) is 60.9 Å². The normalized spacial score (nSPS) is 18.4. The van der Waals surface area contributed by atoms with Crippen LogP contribution in [0.25, 0.3) is 11.1 Å². The van der Waals surface area contributed by atoms with Crippen molar-refractivity contribution in [3.05, 3.63) is 53.6 Å². The van der Waals surface area contributed by atoms with E-state index in [1.165, 1.54) is 12.1 Å². The molecule has 148 valence electrons. The third-order valence-corrected chi connectivity index (χ3v) is 5.85. The second kappa shape index (κ2) is 6.83. The Hall–Kier alpha value is -2.50. The smallest absolute Gasteiger partial charge is 0.416 e. The van der Waals surface area contributed by atoms with E-state index in [-0.39, 0.29) is 0 Å². The number of hydrogen-bond donors (Lipinski definition) is 1. The first-order valence-corrected chi connectivity index (χ1v) is 9.48. The van der Waals surface area contributed by atoms with E-state index in [1.54, 1.807) is 18.2 Å². The molecular formula is C22H21F3O3. The first kappa shape index (κ1) is 18.8. The summed E-state index contributed by atoms with van der Waals surface area (Å²) in [5.41, 5.74) is 0.415. The SMILES string of the molecule is O=C(O)C1(c2ccc(-c3ccc(C(F)(F)F)cc3)c(OCC3CC3)c2)CCC1. The van der Waals surface area contributed by atoms with Gasteiger partial charge in [0.1, 0.15) is 5.75 Å². The summed E-state index contributed by atoms with van der Waals surface area (Å²) < 4.78 is 44.5. The van der Waals surface area contributed by atoms with Crippen LogP contribution in [0.3, 0.4) is 0 Å². The fraction of sp³-hybridized carbons (Fsp3) is 0.409. The van der Waals surface area contributed by atoms with Crippen molar-refractivity contribution in [1.29, 1.82) is 0 Å². The summed E-state index contributed by atoms with van der Waals surface area (Å²) in [7, 11) is 0. The lowest BCUT2D eigenvalue weighted by molar-refractivity contribution is -0.147. The number of alkyl halides is 3. The lowest BCUT2D eigenvalue weighted by Gasteiger charge is -2.38. The number of benzene rings is 2. The van der Waals surface area contributed by atoms with E-state index in [0.29, 0.717) is 47.8 Å². The summed E-state index contributed by atoms with van der Waals surface area (Å²) >= 11 is 0. The minimum Gasteiger partial charge on any atom is -0.493 e. The van der Waals surface area contributed by atoms with E-state index in [1.807, 2.05) is 0 Å². The second-order valence-electron chi connectivity index (χ2n) is 7.78. The summed E-state index contributed by atoms with van der Waals surface area (Å²) in [5.74, 6) is 0.201. The maximum Gasteiger partial charge on any atom is 0.416 e. The molecule has 3 nitrogen and oxygen atoms in total. The molecule has 28 heavy (non-hydrogen) atoms. The number of ether oxygens (including phenoxy) is 1. The van der Waals surface area contributed by atoms with Crippen LogP contribution in [0.4, 0.5) is 13.2 Å². The van der Waals surface area contributed by atoms with Gasteiger partial charge in [-0.1, -0.05) is 30.7 Å². The predicted octanol–water partition coefficient (Wildman–Crippen LogP) is 5.67. The van der Waals surface area contributed by atoms with Crippen LogP contribution in [0.1, 0.15) is 43.2 Å². The van der Waals surface area contributed by atoms with E-state index in [9.17, 15) is 23.1 Å². The molecule has 0 atom stereocenters. The van der Waals surface area contributed by atoms with Crippen molar-refractivity contribution >= 4 is 5.97 Å². The van der Waals surface area contributed by atoms with Gasteiger partial charge in [0.15, 0.2) is 0 Å². The van der Waals surface area contributed by atoms with Crippen molar-refractivity contribution in [2.45, 2.75) is 43.7 Å². The molecule has 2 aromatic carbocycles. The molecule has 2 aromatic rings. The highest BCUT2D eigenvalue weighted by Gasteiger charge is 2.46. The van der Waals surface area contributed by atoms with Gasteiger partial charge in [0.2, 0.25) is 0 Å². The van der Waals surface area contributed by atoms with Gasteiger partial charge in [0, 0.05) is 5.56 Å². The van der Waals surface area contributed by atoms with Gasteiger partial charge in [-0.3, -0.25) is 4.79 Å². The van der Waals surface area contributed by atoms with Crippen LogP contribution >= 0.6 is 0 Å². The third-order valence-electron chi connectivity index (χ3n) is 5.85. The van der Waals surface area contributed by atoms with Crippen molar-refractivity contribution in [2.75, 3.05) is 6.61 Å². The van der Waals surface area contributed by atoms with Crippen molar-refractivity contribution in [2.24, 2.45) is 5.92 Å². The minimum atomic E-state index is -4.38. The maximum absolute atomic E-state index is 12.8. The zero-order valence-corrected chi connectivity index (χ0v) is 15.3. The molecule has 6 heteroatoms. The van der Waals surface area contributed by atoms with Crippen LogP contribution in [0.15, 0.2) is 42.5 Å². The van der Waals surface area contributed by atoms with Gasteiger partial charge in [-0.15, -0.1) is 0 Å². The number of carboxylic acids is 1. The highest BCUT2D eigenvalue weighted by Crippen LogP contribution is 2.46. The van der Waals surface area contributed by atoms with Gasteiger partial charge in [-0.2, -0.15) is 13.2 Å². The Kier molecular flexibility index (Phi) is 4.60. The quantitative estimate of drug-likeness (QED) is 0.692. The average molecular weight is 390 g/mol. The molecule has 0 spiro atoms. The Morgan fingerprint density at radius 1 is 1.11 bits per heavy atom. The fourth-order valence-electron chi connectivity index (χ4n) is 3.67. The monoisotopic (exact) mass is 390 g/mol. The molecule has 0 aliphatic heterocycles. The van der Waals surface area contributed by atoms with Crippen molar-refractivity contribution in [3.63, 3.8) is 0 Å². The first-order chi connectivity index (χ1) is 13.3. The Morgan fingerprint density at radius 2 is 1.79 bits per heavy atom. The molecule has 2 aliphatic carbocycles. The zero-order valence-electron chi connectivity index (χ0n) is 15.3. The predicted molar refractivity (Wildman–Crippen MR) is 98.3 cm³/mol. The molecular weight excluding hydrogens is 369 g/mol. The van der Waals surface area contributed by atoms with Gasteiger partial charge < -0.3 is 9.84 Å².